The number of hydrogen-bond donors (Lipinski definition) is 0. The van der Waals surface area contributed by atoms with Crippen molar-refractivity contribution in [1.29, 1.82) is 0 Å². The number of halogens is 2. The molecule has 1 aromatic carbocycles. The summed E-state index contributed by atoms with van der Waals surface area (Å²) in [4.78, 5) is 28.7. The summed E-state index contributed by atoms with van der Waals surface area (Å²) in [6.07, 6.45) is 2.09. The van der Waals surface area contributed by atoms with Crippen LogP contribution in [0.25, 0.3) is 0 Å². The highest BCUT2D eigenvalue weighted by atomic mass is 19.1. The minimum absolute atomic E-state index is 0.000808. The van der Waals surface area contributed by atoms with E-state index in [1.807, 2.05) is 0 Å². The van der Waals surface area contributed by atoms with Gasteiger partial charge < -0.3 is 9.64 Å². The molecule has 0 saturated heterocycles. The molecule has 0 atom stereocenters. The van der Waals surface area contributed by atoms with Crippen molar-refractivity contribution in [3.05, 3.63) is 59.9 Å². The summed E-state index contributed by atoms with van der Waals surface area (Å²) in [7, 11) is 1.23. The van der Waals surface area contributed by atoms with Gasteiger partial charge >= 0.3 is 5.97 Å². The van der Waals surface area contributed by atoms with E-state index < -0.39 is 23.5 Å². The molecule has 120 valence electrons. The second-order valence-electron chi connectivity index (χ2n) is 4.65. The summed E-state index contributed by atoms with van der Waals surface area (Å²) in [5.41, 5.74) is 0.252. The molecular weight excluding hydrogens is 306 g/mol. The van der Waals surface area contributed by atoms with Crippen LogP contribution in [0, 0.1) is 11.6 Å². The Morgan fingerprint density at radius 2 is 1.96 bits per heavy atom. The van der Waals surface area contributed by atoms with Crippen molar-refractivity contribution in [3.63, 3.8) is 0 Å². The first-order chi connectivity index (χ1) is 11.0. The fourth-order valence-electron chi connectivity index (χ4n) is 1.98. The van der Waals surface area contributed by atoms with Gasteiger partial charge in [-0.3, -0.25) is 14.6 Å². The van der Waals surface area contributed by atoms with E-state index in [-0.39, 0.29) is 24.2 Å². The maximum Gasteiger partial charge on any atom is 0.307 e. The highest BCUT2D eigenvalue weighted by molar-refractivity contribution is 6.06. The molecule has 0 aliphatic rings. The van der Waals surface area contributed by atoms with Crippen LogP contribution in [0.1, 0.15) is 16.8 Å². The summed E-state index contributed by atoms with van der Waals surface area (Å²) in [5.74, 6) is -2.30. The van der Waals surface area contributed by atoms with Gasteiger partial charge in [0.25, 0.3) is 5.91 Å². The molecule has 7 heteroatoms. The van der Waals surface area contributed by atoms with Gasteiger partial charge in [-0.1, -0.05) is 6.07 Å². The molecule has 1 amide bonds. The molecule has 0 aliphatic heterocycles. The van der Waals surface area contributed by atoms with E-state index in [1.165, 1.54) is 36.4 Å². The van der Waals surface area contributed by atoms with Crippen LogP contribution in [0.2, 0.25) is 0 Å². The number of rotatable bonds is 5. The monoisotopic (exact) mass is 320 g/mol. The molecule has 0 bridgehead atoms. The maximum atomic E-state index is 13.4. The number of esters is 1. The summed E-state index contributed by atoms with van der Waals surface area (Å²) < 4.78 is 31.2. The Morgan fingerprint density at radius 3 is 2.61 bits per heavy atom. The largest absolute Gasteiger partial charge is 0.469 e. The van der Waals surface area contributed by atoms with Crippen LogP contribution in [0.3, 0.4) is 0 Å². The van der Waals surface area contributed by atoms with E-state index in [2.05, 4.69) is 9.72 Å². The van der Waals surface area contributed by atoms with Crippen LogP contribution in [-0.4, -0.2) is 30.5 Å². The minimum Gasteiger partial charge on any atom is -0.469 e. The summed E-state index contributed by atoms with van der Waals surface area (Å²) in [6, 6.07) is 6.37. The summed E-state index contributed by atoms with van der Waals surface area (Å²) in [5, 5.41) is 0. The Labute approximate surface area is 131 Å². The van der Waals surface area contributed by atoms with E-state index in [1.54, 1.807) is 0 Å². The van der Waals surface area contributed by atoms with Gasteiger partial charge in [0.2, 0.25) is 0 Å². The lowest BCUT2D eigenvalue weighted by molar-refractivity contribution is -0.140. The molecule has 0 radical (unpaired) electrons. The Kier molecular flexibility index (Phi) is 5.35. The number of hydrogen-bond acceptors (Lipinski definition) is 4. The quantitative estimate of drug-likeness (QED) is 0.795. The van der Waals surface area contributed by atoms with Gasteiger partial charge in [0.1, 0.15) is 11.6 Å². The van der Waals surface area contributed by atoms with Gasteiger partial charge in [-0.05, 0) is 24.3 Å². The number of aromatic nitrogens is 1. The van der Waals surface area contributed by atoms with Gasteiger partial charge in [-0.25, -0.2) is 8.78 Å². The molecule has 0 fully saturated rings. The third-order valence-electron chi connectivity index (χ3n) is 3.08. The van der Waals surface area contributed by atoms with Gasteiger partial charge in [0.15, 0.2) is 0 Å². The molecule has 0 unspecified atom stereocenters. The van der Waals surface area contributed by atoms with Crippen LogP contribution in [0.15, 0.2) is 42.7 Å². The highest BCUT2D eigenvalue weighted by Crippen LogP contribution is 2.19. The molecule has 2 rings (SSSR count). The molecule has 5 nitrogen and oxygen atoms in total. The third-order valence-corrected chi connectivity index (χ3v) is 3.08. The van der Waals surface area contributed by atoms with E-state index in [0.717, 1.165) is 18.3 Å². The molecule has 1 heterocycles. The van der Waals surface area contributed by atoms with Crippen molar-refractivity contribution in [3.8, 4) is 0 Å². The Morgan fingerprint density at radius 1 is 1.17 bits per heavy atom. The number of amides is 1. The number of carbonyl (C=O) groups is 2. The zero-order valence-electron chi connectivity index (χ0n) is 12.3. The molecule has 2 aromatic rings. The average Bonchev–Trinajstić information content (AvgIpc) is 2.54. The molecular formula is C16H14F2N2O3. The molecule has 0 aliphatic carbocycles. The molecule has 1 aromatic heterocycles. The molecule has 0 N–H and O–H groups in total. The highest BCUT2D eigenvalue weighted by Gasteiger charge is 2.20. The summed E-state index contributed by atoms with van der Waals surface area (Å²) in [6.45, 7) is -0.0362. The van der Waals surface area contributed by atoms with E-state index in [9.17, 15) is 18.4 Å². The predicted molar refractivity (Wildman–Crippen MR) is 78.9 cm³/mol. The van der Waals surface area contributed by atoms with Crippen molar-refractivity contribution in [2.24, 2.45) is 0 Å². The van der Waals surface area contributed by atoms with Crippen LogP contribution >= 0.6 is 0 Å². The molecule has 0 spiro atoms. The SMILES string of the molecule is COC(=O)CCN(C(=O)c1cncc(F)c1)c1cccc(F)c1. The normalized spacial score (nSPS) is 10.2. The van der Waals surface area contributed by atoms with Gasteiger partial charge in [0.05, 0.1) is 25.3 Å². The standard InChI is InChI=1S/C16H14F2N2O3/c1-23-15(21)5-6-20(14-4-2-3-12(17)8-14)16(22)11-7-13(18)10-19-9-11/h2-4,7-10H,5-6H2,1H3. The first-order valence-electron chi connectivity index (χ1n) is 6.76. The Hall–Kier alpha value is -2.83. The van der Waals surface area contributed by atoms with Crippen LogP contribution < -0.4 is 4.90 Å². The topological polar surface area (TPSA) is 59.5 Å². The number of methoxy groups -OCH3 is 1. The minimum atomic E-state index is -0.664. The van der Waals surface area contributed by atoms with Crippen molar-refractivity contribution in [2.75, 3.05) is 18.6 Å². The number of benzene rings is 1. The van der Waals surface area contributed by atoms with Crippen LogP contribution in [0.4, 0.5) is 14.5 Å². The van der Waals surface area contributed by atoms with E-state index in [0.29, 0.717) is 0 Å². The predicted octanol–water partition coefficient (Wildman–Crippen LogP) is 2.57. The Bertz CT molecular complexity index is 722. The first kappa shape index (κ1) is 16.5. The fraction of sp³-hybridized carbons (Fsp3) is 0.188. The van der Waals surface area contributed by atoms with Crippen molar-refractivity contribution in [2.45, 2.75) is 6.42 Å². The number of nitrogens with zero attached hydrogens (tertiary/aromatic N) is 2. The van der Waals surface area contributed by atoms with Crippen molar-refractivity contribution >= 4 is 17.6 Å². The van der Waals surface area contributed by atoms with Crippen molar-refractivity contribution < 1.29 is 23.1 Å². The van der Waals surface area contributed by atoms with E-state index in [4.69, 9.17) is 0 Å². The second-order valence-corrected chi connectivity index (χ2v) is 4.65. The zero-order chi connectivity index (χ0) is 16.8. The van der Waals surface area contributed by atoms with Gasteiger partial charge in [-0.2, -0.15) is 0 Å². The zero-order valence-corrected chi connectivity index (χ0v) is 12.3. The first-order valence-corrected chi connectivity index (χ1v) is 6.76. The van der Waals surface area contributed by atoms with Crippen LogP contribution in [0.5, 0.6) is 0 Å². The summed E-state index contributed by atoms with van der Waals surface area (Å²) >= 11 is 0. The van der Waals surface area contributed by atoms with Crippen molar-refractivity contribution in [1.82, 2.24) is 4.98 Å². The van der Waals surface area contributed by atoms with E-state index >= 15 is 0 Å². The maximum absolute atomic E-state index is 13.4. The second kappa shape index (κ2) is 7.44. The van der Waals surface area contributed by atoms with Gasteiger partial charge in [0, 0.05) is 18.4 Å². The molecule has 23 heavy (non-hydrogen) atoms. The number of pyridine rings is 1. The lowest BCUT2D eigenvalue weighted by Gasteiger charge is -2.22. The smallest absolute Gasteiger partial charge is 0.307 e. The Balaban J connectivity index is 2.32. The third kappa shape index (κ3) is 4.32. The fourth-order valence-corrected chi connectivity index (χ4v) is 1.98. The van der Waals surface area contributed by atoms with Gasteiger partial charge in [-0.15, -0.1) is 0 Å². The average molecular weight is 320 g/mol. The molecule has 0 saturated carbocycles. The lowest BCUT2D eigenvalue weighted by Crippen LogP contribution is -2.33. The number of anilines is 1. The lowest BCUT2D eigenvalue weighted by atomic mass is 10.2. The number of ether oxygens (including phenoxy) is 1. The number of carbonyl (C=O) groups excluding carboxylic acids is 2. The van der Waals surface area contributed by atoms with Crippen LogP contribution in [-0.2, 0) is 9.53 Å².